The van der Waals surface area contributed by atoms with Crippen molar-refractivity contribution in [1.82, 2.24) is 39.7 Å². The summed E-state index contributed by atoms with van der Waals surface area (Å²) < 4.78 is 30.8. The molecule has 0 spiro atoms. The average molecular weight is 1430 g/mol. The van der Waals surface area contributed by atoms with Crippen molar-refractivity contribution in [3.63, 3.8) is 0 Å². The number of oxazole rings is 2. The number of hydrogen-bond acceptors (Lipinski definition) is 17. The van der Waals surface area contributed by atoms with Crippen LogP contribution in [0, 0.1) is 69.2 Å². The third kappa shape index (κ3) is 31.2. The molecule has 0 aliphatic carbocycles. The lowest BCUT2D eigenvalue weighted by Crippen LogP contribution is -2.40. The van der Waals surface area contributed by atoms with Crippen LogP contribution in [0.2, 0.25) is 10.0 Å². The van der Waals surface area contributed by atoms with Crippen molar-refractivity contribution in [3.05, 3.63) is 283 Å². The van der Waals surface area contributed by atoms with Crippen LogP contribution in [-0.2, 0) is 14.3 Å². The number of furan rings is 1. The zero-order chi connectivity index (χ0) is 71.9. The van der Waals surface area contributed by atoms with E-state index >= 15 is 0 Å². The minimum Gasteiger partial charge on any atom is -0.492 e. The summed E-state index contributed by atoms with van der Waals surface area (Å²) in [5.41, 5.74) is 14.5. The number of anilines is 1. The molecular weight excluding hydrogens is 1340 g/mol. The summed E-state index contributed by atoms with van der Waals surface area (Å²) in [6.07, 6.45) is 9.84. The highest BCUT2D eigenvalue weighted by Gasteiger charge is 2.18. The van der Waals surface area contributed by atoms with Gasteiger partial charge in [0.1, 0.15) is 29.4 Å². The van der Waals surface area contributed by atoms with Crippen LogP contribution < -0.4 is 10.1 Å². The predicted molar refractivity (Wildman–Crippen MR) is 407 cm³/mol. The van der Waals surface area contributed by atoms with Gasteiger partial charge in [0.15, 0.2) is 18.4 Å². The van der Waals surface area contributed by atoms with E-state index in [0.717, 1.165) is 107 Å². The van der Waals surface area contributed by atoms with Crippen molar-refractivity contribution >= 4 is 96.4 Å². The van der Waals surface area contributed by atoms with Gasteiger partial charge in [-0.3, -0.25) is 29.4 Å². The summed E-state index contributed by atoms with van der Waals surface area (Å²) in [7, 11) is 0. The third-order valence-electron chi connectivity index (χ3n) is 14.1. The number of nitrogens with one attached hydrogen (secondary N) is 1. The number of ether oxygens (including phenoxy) is 3. The molecule has 1 N–H and O–H groups in total. The predicted octanol–water partition coefficient (Wildman–Crippen LogP) is 19.1. The fourth-order valence-corrected chi connectivity index (χ4v) is 10.5. The van der Waals surface area contributed by atoms with Gasteiger partial charge in [0.2, 0.25) is 5.91 Å². The van der Waals surface area contributed by atoms with E-state index in [1.165, 1.54) is 51.5 Å². The van der Waals surface area contributed by atoms with Crippen LogP contribution >= 0.6 is 45.9 Å². The normalized spacial score (nSPS) is 11.9. The zero-order valence-corrected chi connectivity index (χ0v) is 61.8. The van der Waals surface area contributed by atoms with Gasteiger partial charge in [-0.2, -0.15) is 0 Å². The molecule has 0 saturated carbocycles. The number of pyridine rings is 1. The SMILES string of the molecule is CC(=O)Nc1c(Cl)cc(C)cc1Cl.Cc1ccc(C(=O)N2CCOCC2)cc1.Cc1ccc(OCCN2CCOCC2)cc1.Cc1ccc2ccccc2n1.Cc1ccc2ncoc2c1.Cc1ccco1.Cc1cccs1.Cc1cnc2ccccc2n1.Cc1cnco1.Cc1cncs1. The summed E-state index contributed by atoms with van der Waals surface area (Å²) in [4.78, 5) is 54.0. The summed E-state index contributed by atoms with van der Waals surface area (Å²) in [5.74, 6) is 2.70. The maximum absolute atomic E-state index is 12.0. The number of benzene rings is 6. The number of nitrogens with zero attached hydrogens (tertiary/aromatic N) is 8. The Morgan fingerprint density at radius 3 is 1.71 bits per heavy atom. The lowest BCUT2D eigenvalue weighted by atomic mass is 10.1. The average Bonchev–Trinajstić information content (AvgIpc) is 1.04. The molecule has 524 valence electrons. The van der Waals surface area contributed by atoms with Gasteiger partial charge in [0.05, 0.1) is 82.4 Å². The number of carbonyl (C=O) groups is 2. The quantitative estimate of drug-likeness (QED) is 0.165. The molecule has 2 fully saturated rings. The van der Waals surface area contributed by atoms with Crippen LogP contribution in [-0.4, -0.2) is 117 Å². The van der Waals surface area contributed by atoms with Crippen LogP contribution in [0.25, 0.3) is 33.0 Å². The smallest absolute Gasteiger partial charge is 0.254 e. The minimum absolute atomic E-state index is 0.110. The zero-order valence-electron chi connectivity index (χ0n) is 58.7. The molecule has 2 aliphatic rings. The standard InChI is InChI=1S/C13H19NO2.C12H15NO2.C10H9N.C9H9Cl2NO.C9H8N2.C8H7NO.C5H6O.C5H6S.C4H5NO.C4H5NS/c1-12-2-4-13(5-3-12)16-11-8-14-6-9-15-10-7-14;1-10-2-4-11(5-3-10)12(14)13-6-8-15-9-7-13;1-8-6-7-9-4-2-3-5-10(9)11-8;1-5-3-7(10)9(8(11)4-5)12-6(2)13;1-7-6-10-8-4-2-3-5-9(8)11-7;1-6-2-3-7-8(4-6)10-5-9-7;2*1-5-3-2-4-6-5;2*1-4-2-5-3-6-4/h2-5H,6-11H2,1H3;2-5H,6-9H2,1H3;2-7H,1H3;3-4H,1-2H3,(H,12,13);2-6H,1H3;2-5H,1H3;2*2-4H,1H3;2*2-3H,1H3. The molecule has 2 aliphatic heterocycles. The largest absolute Gasteiger partial charge is 0.492 e. The Hall–Kier alpha value is -9.44. The maximum atomic E-state index is 12.0. The van der Waals surface area contributed by atoms with E-state index < -0.39 is 0 Å². The van der Waals surface area contributed by atoms with Crippen molar-refractivity contribution in [2.45, 2.75) is 76.2 Å². The van der Waals surface area contributed by atoms with Crippen molar-refractivity contribution in [2.24, 2.45) is 0 Å². The first kappa shape index (κ1) is 79.5. The van der Waals surface area contributed by atoms with E-state index in [4.69, 9.17) is 50.7 Å². The highest BCUT2D eigenvalue weighted by molar-refractivity contribution is 7.10. The lowest BCUT2D eigenvalue weighted by Gasteiger charge is -2.26. The van der Waals surface area contributed by atoms with Crippen LogP contribution in [0.1, 0.15) is 72.2 Å². The molecule has 6 aromatic carbocycles. The molecule has 0 radical (unpaired) electrons. The molecule has 100 heavy (non-hydrogen) atoms. The minimum atomic E-state index is -0.187. The fraction of sp³-hybridized carbons (Fsp3) is 0.266. The van der Waals surface area contributed by atoms with E-state index in [1.807, 2.05) is 187 Å². The molecule has 13 aromatic rings. The van der Waals surface area contributed by atoms with Gasteiger partial charge in [-0.1, -0.05) is 107 Å². The Morgan fingerprint density at radius 1 is 0.530 bits per heavy atom. The van der Waals surface area contributed by atoms with E-state index in [0.29, 0.717) is 42.0 Å². The number of para-hydroxylation sites is 3. The molecule has 17 nitrogen and oxygen atoms in total. The molecule has 2 amide bonds. The first-order valence-electron chi connectivity index (χ1n) is 32.5. The fourth-order valence-electron chi connectivity index (χ4n) is 8.85. The molecule has 2 saturated heterocycles. The molecule has 15 rings (SSSR count). The molecule has 0 atom stereocenters. The Balaban J connectivity index is 0.000000178. The van der Waals surface area contributed by atoms with Crippen LogP contribution in [0.4, 0.5) is 5.69 Å². The van der Waals surface area contributed by atoms with Crippen molar-refractivity contribution in [2.75, 3.05) is 71.1 Å². The number of thiazole rings is 1. The van der Waals surface area contributed by atoms with E-state index in [-0.39, 0.29) is 11.8 Å². The number of hydrogen-bond donors (Lipinski definition) is 1. The van der Waals surface area contributed by atoms with Gasteiger partial charge in [0, 0.05) is 78.4 Å². The molecule has 0 unspecified atom stereocenters. The van der Waals surface area contributed by atoms with Gasteiger partial charge in [-0.15, -0.1) is 22.7 Å². The van der Waals surface area contributed by atoms with Gasteiger partial charge >= 0.3 is 0 Å². The molecule has 9 heterocycles. The number of amides is 2. The van der Waals surface area contributed by atoms with Crippen molar-refractivity contribution in [3.8, 4) is 5.75 Å². The number of aromatic nitrogens is 6. The Morgan fingerprint density at radius 2 is 1.17 bits per heavy atom. The number of aryl methyl sites for hydroxylation is 10. The number of rotatable bonds is 6. The summed E-state index contributed by atoms with van der Waals surface area (Å²) in [5, 5.41) is 6.77. The van der Waals surface area contributed by atoms with Crippen molar-refractivity contribution in [1.29, 1.82) is 0 Å². The topological polar surface area (TPSA) is 197 Å². The van der Waals surface area contributed by atoms with Crippen LogP contribution in [0.5, 0.6) is 5.75 Å². The second kappa shape index (κ2) is 44.6. The molecule has 21 heteroatoms. The summed E-state index contributed by atoms with van der Waals surface area (Å²) in [6, 6.07) is 53.4. The van der Waals surface area contributed by atoms with E-state index in [9.17, 15) is 9.59 Å². The number of thiophene rings is 1. The van der Waals surface area contributed by atoms with E-state index in [2.05, 4.69) is 95.7 Å². The highest BCUT2D eigenvalue weighted by atomic mass is 35.5. The summed E-state index contributed by atoms with van der Waals surface area (Å²) >= 11 is 15.2. The third-order valence-corrected chi connectivity index (χ3v) is 16.2. The number of morpholine rings is 2. The first-order chi connectivity index (χ1) is 48.3. The molecule has 0 bridgehead atoms. The number of carbonyl (C=O) groups excluding carboxylic acids is 2. The lowest BCUT2D eigenvalue weighted by molar-refractivity contribution is -0.114. The van der Waals surface area contributed by atoms with Crippen LogP contribution in [0.3, 0.4) is 0 Å². The molecule has 7 aromatic heterocycles. The Kier molecular flexibility index (Phi) is 35.4. The monoisotopic (exact) mass is 1430 g/mol. The number of halogens is 2. The van der Waals surface area contributed by atoms with E-state index in [1.54, 1.807) is 53.5 Å². The van der Waals surface area contributed by atoms with Crippen molar-refractivity contribution < 1.29 is 37.1 Å². The van der Waals surface area contributed by atoms with Crippen LogP contribution in [0.15, 0.2) is 226 Å². The Labute approximate surface area is 605 Å². The van der Waals surface area contributed by atoms with Gasteiger partial charge in [-0.05, 0) is 177 Å². The number of fused-ring (bicyclic) bond motifs is 3. The first-order valence-corrected chi connectivity index (χ1v) is 35.0. The molecular formula is C79H89Cl2N9O8S2. The second-order valence-corrected chi connectivity index (χ2v) is 25.9. The maximum Gasteiger partial charge on any atom is 0.254 e. The summed E-state index contributed by atoms with van der Waals surface area (Å²) in [6.45, 7) is 29.5. The second-order valence-electron chi connectivity index (χ2n) is 22.8. The van der Waals surface area contributed by atoms with Gasteiger partial charge < -0.3 is 37.7 Å². The highest BCUT2D eigenvalue weighted by Crippen LogP contribution is 2.31. The van der Waals surface area contributed by atoms with Gasteiger partial charge in [-0.25, -0.2) is 15.0 Å². The Bertz CT molecular complexity index is 4150. The van der Waals surface area contributed by atoms with Gasteiger partial charge in [0.25, 0.3) is 5.91 Å².